The highest BCUT2D eigenvalue weighted by atomic mass is 16.5. The van der Waals surface area contributed by atoms with Crippen LogP contribution < -0.4 is 0 Å². The Morgan fingerprint density at radius 2 is 2.12 bits per heavy atom. The predicted octanol–water partition coefficient (Wildman–Crippen LogP) is 1.67. The maximum atomic E-state index is 11.8. The first-order valence-electron chi connectivity index (χ1n) is 6.28. The largest absolute Gasteiger partial charge is 0.339 e. The number of hydrogen-bond donors (Lipinski definition) is 0. The van der Waals surface area contributed by atoms with Crippen molar-refractivity contribution >= 4 is 5.91 Å². The third-order valence-electron chi connectivity index (χ3n) is 3.53. The second-order valence-corrected chi connectivity index (χ2v) is 5.31. The summed E-state index contributed by atoms with van der Waals surface area (Å²) in [5.41, 5.74) is 0. The van der Waals surface area contributed by atoms with E-state index in [1.54, 1.807) is 0 Å². The first-order valence-corrected chi connectivity index (χ1v) is 6.28. The molecule has 0 spiro atoms. The van der Waals surface area contributed by atoms with Gasteiger partial charge in [-0.3, -0.25) is 4.79 Å². The van der Waals surface area contributed by atoms with Crippen molar-refractivity contribution in [3.63, 3.8) is 0 Å². The maximum Gasteiger partial charge on any atom is 0.232 e. The summed E-state index contributed by atoms with van der Waals surface area (Å²) in [5.74, 6) is 2.26. The zero-order valence-electron chi connectivity index (χ0n) is 10.2. The van der Waals surface area contributed by atoms with Crippen molar-refractivity contribution in [3.05, 3.63) is 11.7 Å². The van der Waals surface area contributed by atoms with Crippen molar-refractivity contribution in [2.75, 3.05) is 6.54 Å². The Labute approximate surface area is 100 Å². The lowest BCUT2D eigenvalue weighted by molar-refractivity contribution is -0.129. The van der Waals surface area contributed by atoms with E-state index in [0.717, 1.165) is 5.82 Å². The minimum Gasteiger partial charge on any atom is -0.339 e. The van der Waals surface area contributed by atoms with Gasteiger partial charge in [-0.15, -0.1) is 0 Å². The number of amides is 1. The molecule has 1 aromatic rings. The Morgan fingerprint density at radius 3 is 2.71 bits per heavy atom. The van der Waals surface area contributed by atoms with Gasteiger partial charge >= 0.3 is 0 Å². The van der Waals surface area contributed by atoms with Gasteiger partial charge in [-0.2, -0.15) is 4.98 Å². The lowest BCUT2D eigenvalue weighted by atomic mass is 10.1. The van der Waals surface area contributed by atoms with Gasteiger partial charge in [-0.1, -0.05) is 5.16 Å². The van der Waals surface area contributed by atoms with Crippen LogP contribution in [0.3, 0.4) is 0 Å². The fourth-order valence-electron chi connectivity index (χ4n) is 2.32. The number of carbonyl (C=O) groups is 1. The van der Waals surface area contributed by atoms with Crippen molar-refractivity contribution in [2.24, 2.45) is 0 Å². The number of nitrogens with zero attached hydrogens (tertiary/aromatic N) is 3. The normalized spacial score (nSPS) is 25.0. The number of hydrogen-bond acceptors (Lipinski definition) is 4. The molecule has 0 radical (unpaired) electrons. The van der Waals surface area contributed by atoms with Crippen LogP contribution in [0.15, 0.2) is 4.52 Å². The van der Waals surface area contributed by atoms with Crippen LogP contribution >= 0.6 is 0 Å². The lowest BCUT2D eigenvalue weighted by Crippen LogP contribution is -2.31. The number of rotatable bonds is 3. The third kappa shape index (κ3) is 1.94. The molecule has 2 fully saturated rings. The quantitative estimate of drug-likeness (QED) is 0.799. The van der Waals surface area contributed by atoms with E-state index >= 15 is 0 Å². The van der Waals surface area contributed by atoms with Crippen LogP contribution in [0.2, 0.25) is 0 Å². The molecule has 1 aliphatic carbocycles. The van der Waals surface area contributed by atoms with E-state index < -0.39 is 0 Å². The molecule has 1 saturated carbocycles. The molecular weight excluding hydrogens is 218 g/mol. The van der Waals surface area contributed by atoms with Gasteiger partial charge in [0.1, 0.15) is 0 Å². The van der Waals surface area contributed by atoms with Crippen LogP contribution in [0.1, 0.15) is 56.7 Å². The zero-order chi connectivity index (χ0) is 12.0. The van der Waals surface area contributed by atoms with Gasteiger partial charge in [-0.05, 0) is 26.7 Å². The Bertz CT molecular complexity index is 437. The molecule has 1 unspecified atom stereocenters. The molecule has 5 heteroatoms. The lowest BCUT2D eigenvalue weighted by Gasteiger charge is -2.20. The van der Waals surface area contributed by atoms with Crippen molar-refractivity contribution in [2.45, 2.75) is 51.0 Å². The first kappa shape index (κ1) is 10.7. The molecule has 1 aliphatic heterocycles. The van der Waals surface area contributed by atoms with E-state index in [2.05, 4.69) is 10.1 Å². The van der Waals surface area contributed by atoms with Gasteiger partial charge in [0.05, 0.1) is 5.92 Å². The highest BCUT2D eigenvalue weighted by Gasteiger charge is 2.36. The Hall–Kier alpha value is -1.39. The molecule has 5 nitrogen and oxygen atoms in total. The number of aromatic nitrogens is 2. The third-order valence-corrected chi connectivity index (χ3v) is 3.53. The average molecular weight is 235 g/mol. The summed E-state index contributed by atoms with van der Waals surface area (Å²) in [5, 5.41) is 4.00. The standard InChI is InChI=1S/C12H17N3O2/c1-7(2)15-6-9(5-10(15)16)12-13-11(14-17-12)8-3-4-8/h7-9H,3-6H2,1-2H3. The van der Waals surface area contributed by atoms with Crippen LogP contribution in [0, 0.1) is 0 Å². The van der Waals surface area contributed by atoms with Crippen LogP contribution in [-0.4, -0.2) is 33.5 Å². The number of likely N-dealkylation sites (tertiary alicyclic amines) is 1. The van der Waals surface area contributed by atoms with Crippen LogP contribution in [0.4, 0.5) is 0 Å². The Balaban J connectivity index is 1.74. The van der Waals surface area contributed by atoms with Crippen molar-refractivity contribution < 1.29 is 9.32 Å². The summed E-state index contributed by atoms with van der Waals surface area (Å²) in [6.45, 7) is 4.77. The SMILES string of the molecule is CC(C)N1CC(c2nc(C3CC3)no2)CC1=O. The molecule has 1 saturated heterocycles. The molecule has 3 rings (SSSR count). The van der Waals surface area contributed by atoms with E-state index in [4.69, 9.17) is 4.52 Å². The molecule has 1 aromatic heterocycles. The first-order chi connectivity index (χ1) is 8.15. The monoisotopic (exact) mass is 235 g/mol. The minimum atomic E-state index is 0.0879. The van der Waals surface area contributed by atoms with Gasteiger partial charge < -0.3 is 9.42 Å². The second-order valence-electron chi connectivity index (χ2n) is 5.31. The maximum absolute atomic E-state index is 11.8. The average Bonchev–Trinajstić information content (AvgIpc) is 2.88. The Kier molecular flexibility index (Phi) is 2.42. The van der Waals surface area contributed by atoms with Gasteiger partial charge in [0.25, 0.3) is 0 Å². The van der Waals surface area contributed by atoms with Gasteiger partial charge in [0, 0.05) is 24.9 Å². The highest BCUT2D eigenvalue weighted by Crippen LogP contribution is 2.39. The van der Waals surface area contributed by atoms with E-state index in [1.165, 1.54) is 12.8 Å². The van der Waals surface area contributed by atoms with Gasteiger partial charge in [0.2, 0.25) is 11.8 Å². The highest BCUT2D eigenvalue weighted by molar-refractivity contribution is 5.79. The fraction of sp³-hybridized carbons (Fsp3) is 0.750. The summed E-state index contributed by atoms with van der Waals surface area (Å²) in [6, 6.07) is 0.248. The van der Waals surface area contributed by atoms with Crippen LogP contribution in [0.5, 0.6) is 0 Å². The van der Waals surface area contributed by atoms with Crippen LogP contribution in [-0.2, 0) is 4.79 Å². The van der Waals surface area contributed by atoms with Crippen molar-refractivity contribution in [1.29, 1.82) is 0 Å². The molecule has 17 heavy (non-hydrogen) atoms. The zero-order valence-corrected chi connectivity index (χ0v) is 10.2. The van der Waals surface area contributed by atoms with Gasteiger partial charge in [0.15, 0.2) is 5.82 Å². The Morgan fingerprint density at radius 1 is 1.35 bits per heavy atom. The summed E-state index contributed by atoms with van der Waals surface area (Å²) in [6.07, 6.45) is 2.84. The van der Waals surface area contributed by atoms with E-state index in [1.807, 2.05) is 18.7 Å². The molecule has 0 bridgehead atoms. The summed E-state index contributed by atoms with van der Waals surface area (Å²) in [7, 11) is 0. The molecule has 0 aromatic carbocycles. The second kappa shape index (κ2) is 3.82. The molecule has 1 amide bonds. The summed E-state index contributed by atoms with van der Waals surface area (Å²) < 4.78 is 5.29. The summed E-state index contributed by atoms with van der Waals surface area (Å²) >= 11 is 0. The number of carbonyl (C=O) groups excluding carboxylic acids is 1. The molecule has 2 heterocycles. The molecule has 0 N–H and O–H groups in total. The fourth-order valence-corrected chi connectivity index (χ4v) is 2.32. The molecular formula is C12H17N3O2. The summed E-state index contributed by atoms with van der Waals surface area (Å²) in [4.78, 5) is 18.1. The van der Waals surface area contributed by atoms with Crippen LogP contribution in [0.25, 0.3) is 0 Å². The van der Waals surface area contributed by atoms with Crippen molar-refractivity contribution in [3.8, 4) is 0 Å². The molecule has 2 aliphatic rings. The van der Waals surface area contributed by atoms with E-state index in [-0.39, 0.29) is 17.9 Å². The van der Waals surface area contributed by atoms with Gasteiger partial charge in [-0.25, -0.2) is 0 Å². The predicted molar refractivity (Wildman–Crippen MR) is 60.5 cm³/mol. The topological polar surface area (TPSA) is 59.2 Å². The smallest absolute Gasteiger partial charge is 0.232 e. The minimum absolute atomic E-state index is 0.0879. The van der Waals surface area contributed by atoms with E-state index in [0.29, 0.717) is 24.8 Å². The van der Waals surface area contributed by atoms with Crippen molar-refractivity contribution in [1.82, 2.24) is 15.0 Å². The van der Waals surface area contributed by atoms with E-state index in [9.17, 15) is 4.79 Å². The molecule has 92 valence electrons. The molecule has 1 atom stereocenters.